The molecule has 0 aromatic heterocycles. The third kappa shape index (κ3) is 3.90. The molecule has 1 fully saturated rings. The van der Waals surface area contributed by atoms with Gasteiger partial charge in [-0.05, 0) is 36.4 Å². The molecule has 0 saturated carbocycles. The van der Waals surface area contributed by atoms with Crippen LogP contribution < -0.4 is 15.5 Å². The van der Waals surface area contributed by atoms with E-state index in [1.54, 1.807) is 4.90 Å². The first-order valence-electron chi connectivity index (χ1n) is 7.77. The Kier molecular flexibility index (Phi) is 4.74. The Balaban J connectivity index is 1.49. The normalized spacial score (nSPS) is 17.0. The van der Waals surface area contributed by atoms with Gasteiger partial charge in [0.25, 0.3) is 0 Å². The smallest absolute Gasteiger partial charge is 0.319 e. The summed E-state index contributed by atoms with van der Waals surface area (Å²) in [7, 11) is 0. The zero-order valence-electron chi connectivity index (χ0n) is 13.0. The van der Waals surface area contributed by atoms with Crippen molar-refractivity contribution in [3.05, 3.63) is 60.4 Å². The van der Waals surface area contributed by atoms with Gasteiger partial charge in [0.1, 0.15) is 5.82 Å². The van der Waals surface area contributed by atoms with Gasteiger partial charge in [-0.1, -0.05) is 18.2 Å². The lowest BCUT2D eigenvalue weighted by molar-refractivity contribution is -0.117. The Morgan fingerprint density at radius 3 is 2.54 bits per heavy atom. The fourth-order valence-corrected chi connectivity index (χ4v) is 2.72. The maximum Gasteiger partial charge on any atom is 0.319 e. The van der Waals surface area contributed by atoms with Crippen molar-refractivity contribution in [2.75, 3.05) is 23.3 Å². The lowest BCUT2D eigenvalue weighted by Gasteiger charge is -2.17. The Labute approximate surface area is 139 Å². The summed E-state index contributed by atoms with van der Waals surface area (Å²) in [5.74, 6) is -0.227. The molecule has 2 N–H and O–H groups in total. The minimum atomic E-state index is -0.368. The van der Waals surface area contributed by atoms with Crippen LogP contribution in [0.3, 0.4) is 0 Å². The van der Waals surface area contributed by atoms with Gasteiger partial charge in [-0.15, -0.1) is 0 Å². The van der Waals surface area contributed by atoms with Crippen LogP contribution in [-0.2, 0) is 4.79 Å². The first-order chi connectivity index (χ1) is 11.6. The van der Waals surface area contributed by atoms with Gasteiger partial charge in [-0.2, -0.15) is 0 Å². The Hall–Kier alpha value is -2.89. The van der Waals surface area contributed by atoms with E-state index in [-0.39, 0.29) is 23.7 Å². The van der Waals surface area contributed by atoms with E-state index in [0.29, 0.717) is 25.2 Å². The lowest BCUT2D eigenvalue weighted by atomic mass is 10.1. The molecule has 6 heteroatoms. The summed E-state index contributed by atoms with van der Waals surface area (Å²) in [5.41, 5.74) is 1.39. The first-order valence-corrected chi connectivity index (χ1v) is 7.77. The number of anilines is 2. The molecule has 1 aliphatic heterocycles. The Morgan fingerprint density at radius 2 is 1.83 bits per heavy atom. The zero-order valence-corrected chi connectivity index (χ0v) is 13.0. The standard InChI is InChI=1S/C18H18FN3O2/c19-14-6-8-15(9-7-14)21-18(24)20-11-13-10-17(23)22(12-13)16-4-2-1-3-5-16/h1-9,13H,10-12H2,(H2,20,21,24). The van der Waals surface area contributed by atoms with Gasteiger partial charge in [0.2, 0.25) is 5.91 Å². The highest BCUT2D eigenvalue weighted by molar-refractivity contribution is 5.96. The molecule has 1 aliphatic rings. The minimum Gasteiger partial charge on any atom is -0.338 e. The largest absolute Gasteiger partial charge is 0.338 e. The molecule has 5 nitrogen and oxygen atoms in total. The number of para-hydroxylation sites is 1. The second-order valence-electron chi connectivity index (χ2n) is 5.75. The van der Waals surface area contributed by atoms with Crippen molar-refractivity contribution in [1.29, 1.82) is 0 Å². The van der Waals surface area contributed by atoms with E-state index >= 15 is 0 Å². The summed E-state index contributed by atoms with van der Waals surface area (Å²) >= 11 is 0. The molecule has 3 rings (SSSR count). The molecule has 1 heterocycles. The monoisotopic (exact) mass is 327 g/mol. The number of carbonyl (C=O) groups excluding carboxylic acids is 2. The van der Waals surface area contributed by atoms with Crippen LogP contribution >= 0.6 is 0 Å². The number of hydrogen-bond acceptors (Lipinski definition) is 2. The number of nitrogens with zero attached hydrogens (tertiary/aromatic N) is 1. The molecular weight excluding hydrogens is 309 g/mol. The maximum atomic E-state index is 12.8. The van der Waals surface area contributed by atoms with E-state index in [4.69, 9.17) is 0 Å². The van der Waals surface area contributed by atoms with Gasteiger partial charge < -0.3 is 15.5 Å². The van der Waals surface area contributed by atoms with Crippen LogP contribution in [0.15, 0.2) is 54.6 Å². The average Bonchev–Trinajstić information content (AvgIpc) is 2.97. The predicted molar refractivity (Wildman–Crippen MR) is 90.3 cm³/mol. The molecule has 1 saturated heterocycles. The Bertz CT molecular complexity index is 719. The number of urea groups is 1. The topological polar surface area (TPSA) is 61.4 Å². The van der Waals surface area contributed by atoms with Crippen molar-refractivity contribution in [3.8, 4) is 0 Å². The van der Waals surface area contributed by atoms with E-state index in [1.807, 2.05) is 30.3 Å². The lowest BCUT2D eigenvalue weighted by Crippen LogP contribution is -2.34. The van der Waals surface area contributed by atoms with Crippen molar-refractivity contribution in [2.24, 2.45) is 5.92 Å². The van der Waals surface area contributed by atoms with Crippen LogP contribution in [0.25, 0.3) is 0 Å². The van der Waals surface area contributed by atoms with Gasteiger partial charge in [-0.3, -0.25) is 4.79 Å². The van der Waals surface area contributed by atoms with Crippen LogP contribution in [-0.4, -0.2) is 25.0 Å². The highest BCUT2D eigenvalue weighted by Crippen LogP contribution is 2.24. The second kappa shape index (κ2) is 7.12. The van der Waals surface area contributed by atoms with Crippen molar-refractivity contribution in [2.45, 2.75) is 6.42 Å². The van der Waals surface area contributed by atoms with E-state index < -0.39 is 0 Å². The van der Waals surface area contributed by atoms with Gasteiger partial charge in [-0.25, -0.2) is 9.18 Å². The van der Waals surface area contributed by atoms with Crippen LogP contribution in [0.5, 0.6) is 0 Å². The van der Waals surface area contributed by atoms with Gasteiger partial charge in [0.05, 0.1) is 0 Å². The number of amides is 3. The van der Waals surface area contributed by atoms with Crippen LogP contribution in [0, 0.1) is 11.7 Å². The molecule has 0 bridgehead atoms. The molecule has 1 atom stereocenters. The number of rotatable bonds is 4. The summed E-state index contributed by atoms with van der Waals surface area (Å²) in [6, 6.07) is 14.7. The molecule has 24 heavy (non-hydrogen) atoms. The quantitative estimate of drug-likeness (QED) is 0.907. The van der Waals surface area contributed by atoms with Gasteiger partial charge in [0, 0.05) is 36.8 Å². The Morgan fingerprint density at radius 1 is 1.12 bits per heavy atom. The number of benzene rings is 2. The van der Waals surface area contributed by atoms with E-state index in [1.165, 1.54) is 24.3 Å². The van der Waals surface area contributed by atoms with Crippen molar-refractivity contribution in [1.82, 2.24) is 5.32 Å². The fraction of sp³-hybridized carbons (Fsp3) is 0.222. The first kappa shape index (κ1) is 16.0. The van der Waals surface area contributed by atoms with Gasteiger partial charge in [0.15, 0.2) is 0 Å². The van der Waals surface area contributed by atoms with Crippen molar-refractivity contribution < 1.29 is 14.0 Å². The number of nitrogens with one attached hydrogen (secondary N) is 2. The van der Waals surface area contributed by atoms with Crippen LogP contribution in [0.2, 0.25) is 0 Å². The molecule has 2 aromatic rings. The van der Waals surface area contributed by atoms with Crippen LogP contribution in [0.4, 0.5) is 20.6 Å². The molecule has 0 spiro atoms. The van der Waals surface area contributed by atoms with Crippen molar-refractivity contribution >= 4 is 23.3 Å². The predicted octanol–water partition coefficient (Wildman–Crippen LogP) is 3.00. The summed E-state index contributed by atoms with van der Waals surface area (Å²) in [6.45, 7) is 0.988. The number of carbonyl (C=O) groups is 2. The summed E-state index contributed by atoms with van der Waals surface area (Å²) in [6.07, 6.45) is 0.408. The summed E-state index contributed by atoms with van der Waals surface area (Å²) in [5, 5.41) is 5.39. The highest BCUT2D eigenvalue weighted by Gasteiger charge is 2.30. The van der Waals surface area contributed by atoms with E-state index in [0.717, 1.165) is 5.69 Å². The molecule has 124 valence electrons. The van der Waals surface area contributed by atoms with E-state index in [2.05, 4.69) is 10.6 Å². The van der Waals surface area contributed by atoms with Crippen molar-refractivity contribution in [3.63, 3.8) is 0 Å². The third-order valence-corrected chi connectivity index (χ3v) is 3.93. The SMILES string of the molecule is O=C(NCC1CC(=O)N(c2ccccc2)C1)Nc1ccc(F)cc1. The third-order valence-electron chi connectivity index (χ3n) is 3.93. The second-order valence-corrected chi connectivity index (χ2v) is 5.75. The molecule has 1 unspecified atom stereocenters. The maximum absolute atomic E-state index is 12.8. The van der Waals surface area contributed by atoms with Crippen LogP contribution in [0.1, 0.15) is 6.42 Å². The molecule has 3 amide bonds. The minimum absolute atomic E-state index is 0.0620. The number of halogens is 1. The summed E-state index contributed by atoms with van der Waals surface area (Å²) in [4.78, 5) is 25.7. The summed E-state index contributed by atoms with van der Waals surface area (Å²) < 4.78 is 12.8. The van der Waals surface area contributed by atoms with E-state index in [9.17, 15) is 14.0 Å². The highest BCUT2D eigenvalue weighted by atomic mass is 19.1. The van der Waals surface area contributed by atoms with Gasteiger partial charge >= 0.3 is 6.03 Å². The molecular formula is C18H18FN3O2. The number of hydrogen-bond donors (Lipinski definition) is 2. The zero-order chi connectivity index (χ0) is 16.9. The molecule has 0 radical (unpaired) electrons. The fourth-order valence-electron chi connectivity index (χ4n) is 2.72. The molecule has 0 aliphatic carbocycles. The average molecular weight is 327 g/mol. The molecule has 2 aromatic carbocycles.